The molecule has 1 heterocycles. The fraction of sp³-hybridized carbons (Fsp3) is 0.684. The van der Waals surface area contributed by atoms with Gasteiger partial charge in [-0.25, -0.2) is 0 Å². The van der Waals surface area contributed by atoms with Crippen molar-refractivity contribution in [3.8, 4) is 0 Å². The highest BCUT2D eigenvalue weighted by Crippen LogP contribution is 2.30. The summed E-state index contributed by atoms with van der Waals surface area (Å²) in [5.74, 6) is 0.857. The molecule has 2 unspecified atom stereocenters. The molecule has 1 saturated heterocycles. The van der Waals surface area contributed by atoms with E-state index in [0.29, 0.717) is 6.04 Å². The van der Waals surface area contributed by atoms with E-state index in [1.54, 1.807) is 11.1 Å². The predicted octanol–water partition coefficient (Wildman–Crippen LogP) is 3.78. The van der Waals surface area contributed by atoms with Crippen LogP contribution in [-0.4, -0.2) is 25.7 Å². The summed E-state index contributed by atoms with van der Waals surface area (Å²) in [6.07, 6.45) is 8.00. The molecule has 2 aliphatic rings. The molecule has 21 heavy (non-hydrogen) atoms. The molecule has 0 bridgehead atoms. The van der Waals surface area contributed by atoms with E-state index >= 15 is 0 Å². The van der Waals surface area contributed by atoms with Gasteiger partial charge in [-0.1, -0.05) is 13.0 Å². The average Bonchev–Trinajstić information content (AvgIpc) is 2.95. The second kappa shape index (κ2) is 6.83. The molecule has 0 aromatic heterocycles. The summed E-state index contributed by atoms with van der Waals surface area (Å²) in [5, 5.41) is 3.55. The zero-order valence-corrected chi connectivity index (χ0v) is 13.7. The third-order valence-electron chi connectivity index (χ3n) is 5.22. The molecule has 1 aliphatic heterocycles. The maximum Gasteiger partial charge on any atom is 0.0369 e. The smallest absolute Gasteiger partial charge is 0.0369 e. The minimum Gasteiger partial charge on any atom is -0.371 e. The van der Waals surface area contributed by atoms with Crippen LogP contribution in [0.25, 0.3) is 0 Å². The number of anilines is 1. The number of rotatable bonds is 5. The van der Waals surface area contributed by atoms with Gasteiger partial charge in [0.25, 0.3) is 0 Å². The van der Waals surface area contributed by atoms with E-state index in [1.165, 1.54) is 57.3 Å². The molecule has 1 fully saturated rings. The fourth-order valence-corrected chi connectivity index (χ4v) is 4.11. The van der Waals surface area contributed by atoms with Gasteiger partial charge < -0.3 is 10.2 Å². The molecule has 116 valence electrons. The summed E-state index contributed by atoms with van der Waals surface area (Å²) < 4.78 is 0. The van der Waals surface area contributed by atoms with Crippen LogP contribution >= 0.6 is 0 Å². The zero-order chi connectivity index (χ0) is 14.7. The minimum atomic E-state index is 0.656. The lowest BCUT2D eigenvalue weighted by atomic mass is 9.91. The summed E-state index contributed by atoms with van der Waals surface area (Å²) >= 11 is 0. The van der Waals surface area contributed by atoms with Crippen LogP contribution < -0.4 is 10.2 Å². The Morgan fingerprint density at radius 2 is 2.05 bits per heavy atom. The largest absolute Gasteiger partial charge is 0.371 e. The Bertz CT molecular complexity index is 469. The quantitative estimate of drug-likeness (QED) is 0.886. The Labute approximate surface area is 129 Å². The van der Waals surface area contributed by atoms with Gasteiger partial charge in [0.15, 0.2) is 0 Å². The number of nitrogens with zero attached hydrogens (tertiary/aromatic N) is 1. The van der Waals surface area contributed by atoms with Crippen LogP contribution in [0.2, 0.25) is 0 Å². The predicted molar refractivity (Wildman–Crippen MR) is 91.2 cm³/mol. The van der Waals surface area contributed by atoms with E-state index < -0.39 is 0 Å². The van der Waals surface area contributed by atoms with Gasteiger partial charge in [0.1, 0.15) is 0 Å². The van der Waals surface area contributed by atoms with Crippen LogP contribution in [0.5, 0.6) is 0 Å². The third-order valence-corrected chi connectivity index (χ3v) is 5.22. The number of hydrogen-bond acceptors (Lipinski definition) is 2. The van der Waals surface area contributed by atoms with E-state index in [1.807, 2.05) is 0 Å². The second-order valence-corrected chi connectivity index (χ2v) is 6.96. The highest BCUT2D eigenvalue weighted by atomic mass is 15.1. The number of hydrogen-bond donors (Lipinski definition) is 1. The molecule has 1 aliphatic carbocycles. The van der Waals surface area contributed by atoms with Crippen molar-refractivity contribution in [1.82, 2.24) is 5.32 Å². The molecule has 2 nitrogen and oxygen atoms in total. The van der Waals surface area contributed by atoms with Crippen LogP contribution in [0.1, 0.15) is 50.7 Å². The number of aryl methyl sites for hydroxylation is 2. The van der Waals surface area contributed by atoms with E-state index in [-0.39, 0.29) is 0 Å². The van der Waals surface area contributed by atoms with E-state index in [2.05, 4.69) is 42.3 Å². The number of fused-ring (bicyclic) bond motifs is 1. The lowest BCUT2D eigenvalue weighted by Gasteiger charge is -2.23. The first-order chi connectivity index (χ1) is 10.3. The SMILES string of the molecule is CCNC(C)CC1CCN(c2ccc3c(c2)CCCC3)C1. The number of nitrogens with one attached hydrogen (secondary N) is 1. The average molecular weight is 286 g/mol. The summed E-state index contributed by atoms with van der Waals surface area (Å²) in [5.41, 5.74) is 4.68. The van der Waals surface area contributed by atoms with Crippen LogP contribution in [0.3, 0.4) is 0 Å². The molecule has 1 aromatic carbocycles. The third kappa shape index (κ3) is 3.60. The Morgan fingerprint density at radius 1 is 1.24 bits per heavy atom. The molecule has 2 heteroatoms. The first-order valence-electron chi connectivity index (χ1n) is 8.86. The highest BCUT2D eigenvalue weighted by molar-refractivity contribution is 5.52. The molecule has 0 spiro atoms. The first kappa shape index (κ1) is 14.9. The zero-order valence-electron chi connectivity index (χ0n) is 13.7. The van der Waals surface area contributed by atoms with Gasteiger partial charge >= 0.3 is 0 Å². The lowest BCUT2D eigenvalue weighted by molar-refractivity contribution is 0.430. The minimum absolute atomic E-state index is 0.656. The molecule has 1 N–H and O–H groups in total. The molecule has 3 rings (SSSR count). The topological polar surface area (TPSA) is 15.3 Å². The normalized spacial score (nSPS) is 23.1. The van der Waals surface area contributed by atoms with E-state index in [4.69, 9.17) is 0 Å². The fourth-order valence-electron chi connectivity index (χ4n) is 4.11. The number of benzene rings is 1. The Balaban J connectivity index is 1.61. The van der Waals surface area contributed by atoms with Gasteiger partial charge in [-0.2, -0.15) is 0 Å². The van der Waals surface area contributed by atoms with Gasteiger partial charge in [-0.15, -0.1) is 0 Å². The summed E-state index contributed by atoms with van der Waals surface area (Å²) in [6, 6.07) is 7.88. The van der Waals surface area contributed by atoms with Gasteiger partial charge in [0, 0.05) is 24.8 Å². The summed E-state index contributed by atoms with van der Waals surface area (Å²) in [7, 11) is 0. The van der Waals surface area contributed by atoms with Crippen LogP contribution in [0.4, 0.5) is 5.69 Å². The van der Waals surface area contributed by atoms with E-state index in [0.717, 1.165) is 12.5 Å². The van der Waals surface area contributed by atoms with E-state index in [9.17, 15) is 0 Å². The Hall–Kier alpha value is -1.02. The van der Waals surface area contributed by atoms with Gasteiger partial charge in [0.2, 0.25) is 0 Å². The van der Waals surface area contributed by atoms with Crippen LogP contribution in [-0.2, 0) is 12.8 Å². The summed E-state index contributed by atoms with van der Waals surface area (Å²) in [4.78, 5) is 2.61. The van der Waals surface area contributed by atoms with Crippen molar-refractivity contribution in [1.29, 1.82) is 0 Å². The first-order valence-corrected chi connectivity index (χ1v) is 8.86. The van der Waals surface area contributed by atoms with Crippen molar-refractivity contribution in [3.05, 3.63) is 29.3 Å². The van der Waals surface area contributed by atoms with Crippen molar-refractivity contribution >= 4 is 5.69 Å². The molecule has 0 amide bonds. The molecular weight excluding hydrogens is 256 g/mol. The lowest BCUT2D eigenvalue weighted by Crippen LogP contribution is -2.29. The van der Waals surface area contributed by atoms with Crippen molar-refractivity contribution in [2.75, 3.05) is 24.5 Å². The van der Waals surface area contributed by atoms with Gasteiger partial charge in [-0.3, -0.25) is 0 Å². The van der Waals surface area contributed by atoms with Crippen molar-refractivity contribution in [2.45, 2.75) is 58.4 Å². The van der Waals surface area contributed by atoms with Crippen LogP contribution in [0, 0.1) is 5.92 Å². The standard InChI is InChI=1S/C19H30N2/c1-3-20-15(2)12-16-10-11-21(14-16)19-9-8-17-6-4-5-7-18(17)13-19/h8-9,13,15-16,20H,3-7,10-12,14H2,1-2H3. The molecule has 2 atom stereocenters. The van der Waals surface area contributed by atoms with Crippen molar-refractivity contribution in [2.24, 2.45) is 5.92 Å². The summed E-state index contributed by atoms with van der Waals surface area (Å²) in [6.45, 7) is 8.09. The second-order valence-electron chi connectivity index (χ2n) is 6.96. The maximum atomic E-state index is 3.55. The van der Waals surface area contributed by atoms with Gasteiger partial charge in [0.05, 0.1) is 0 Å². The highest BCUT2D eigenvalue weighted by Gasteiger charge is 2.24. The Kier molecular flexibility index (Phi) is 4.84. The molecule has 0 radical (unpaired) electrons. The molecular formula is C19H30N2. The van der Waals surface area contributed by atoms with Gasteiger partial charge in [-0.05, 0) is 81.2 Å². The maximum absolute atomic E-state index is 3.55. The monoisotopic (exact) mass is 286 g/mol. The Morgan fingerprint density at radius 3 is 2.86 bits per heavy atom. The molecule has 1 aromatic rings. The van der Waals surface area contributed by atoms with Crippen LogP contribution in [0.15, 0.2) is 18.2 Å². The molecule has 0 saturated carbocycles. The van der Waals surface area contributed by atoms with Crippen molar-refractivity contribution in [3.63, 3.8) is 0 Å². The van der Waals surface area contributed by atoms with Crippen molar-refractivity contribution < 1.29 is 0 Å².